The maximum absolute atomic E-state index is 12.7. The first kappa shape index (κ1) is 21.3. The van der Waals surface area contributed by atoms with E-state index in [9.17, 15) is 4.79 Å². The summed E-state index contributed by atoms with van der Waals surface area (Å²) < 4.78 is 5.82. The number of carbonyl (C=O) groups is 1. The van der Waals surface area contributed by atoms with Crippen molar-refractivity contribution in [3.8, 4) is 5.75 Å². The molecule has 1 amide bonds. The fourth-order valence-electron chi connectivity index (χ4n) is 3.97. The van der Waals surface area contributed by atoms with Crippen LogP contribution in [0.1, 0.15) is 30.9 Å². The lowest BCUT2D eigenvalue weighted by Crippen LogP contribution is -3.28. The number of para-hydroxylation sites is 2. The lowest BCUT2D eigenvalue weighted by atomic mass is 9.98. The molecule has 1 saturated heterocycles. The van der Waals surface area contributed by atoms with Crippen LogP contribution in [0.25, 0.3) is 0 Å². The van der Waals surface area contributed by atoms with E-state index < -0.39 is 0 Å². The number of piperazine rings is 1. The fraction of sp³-hybridized carbons (Fsp3) is 0.458. The summed E-state index contributed by atoms with van der Waals surface area (Å²) in [6, 6.07) is 16.2. The van der Waals surface area contributed by atoms with Gasteiger partial charge in [-0.25, -0.2) is 0 Å². The minimum atomic E-state index is 0.118. The smallest absolute Gasteiger partial charge is 0.279 e. The van der Waals surface area contributed by atoms with E-state index in [1.807, 2.05) is 30.3 Å². The second-order valence-electron chi connectivity index (χ2n) is 8.33. The van der Waals surface area contributed by atoms with Gasteiger partial charge < -0.3 is 19.9 Å². The average molecular weight is 398 g/mol. The number of hydrogen-bond acceptors (Lipinski definition) is 2. The van der Waals surface area contributed by atoms with Crippen molar-refractivity contribution in [2.75, 3.05) is 51.2 Å². The Labute approximate surface area is 174 Å². The third kappa shape index (κ3) is 6.31. The van der Waals surface area contributed by atoms with Crippen molar-refractivity contribution >= 4 is 11.6 Å². The Morgan fingerprint density at radius 1 is 1.00 bits per heavy atom. The standard InChI is InChI=1S/C24H33N3O2/c1-19(2)22-11-7-8-20(3)24(22)25-23(28)18-27-14-12-26(13-15-27)16-17-29-21-9-5-4-6-10-21/h4-11,19H,12-18H2,1-3H3,(H,25,28)/p+2. The summed E-state index contributed by atoms with van der Waals surface area (Å²) in [5, 5.41) is 3.18. The van der Waals surface area contributed by atoms with E-state index in [0.717, 1.165) is 56.3 Å². The van der Waals surface area contributed by atoms with Gasteiger partial charge in [0.05, 0.1) is 0 Å². The van der Waals surface area contributed by atoms with Crippen LogP contribution >= 0.6 is 0 Å². The minimum Gasteiger partial charge on any atom is -0.488 e. The zero-order valence-electron chi connectivity index (χ0n) is 18.0. The predicted octanol–water partition coefficient (Wildman–Crippen LogP) is 0.919. The molecule has 1 aliphatic heterocycles. The van der Waals surface area contributed by atoms with Crippen molar-refractivity contribution in [3.05, 3.63) is 59.7 Å². The van der Waals surface area contributed by atoms with E-state index in [2.05, 4.69) is 44.3 Å². The van der Waals surface area contributed by atoms with Crippen LogP contribution in [0.15, 0.2) is 48.5 Å². The van der Waals surface area contributed by atoms with Crippen molar-refractivity contribution in [2.24, 2.45) is 0 Å². The molecule has 0 atom stereocenters. The van der Waals surface area contributed by atoms with Gasteiger partial charge >= 0.3 is 0 Å². The number of anilines is 1. The van der Waals surface area contributed by atoms with Crippen LogP contribution in [0.4, 0.5) is 5.69 Å². The van der Waals surface area contributed by atoms with E-state index in [0.29, 0.717) is 12.5 Å². The third-order valence-corrected chi connectivity index (χ3v) is 5.73. The molecule has 3 rings (SSSR count). The lowest BCUT2D eigenvalue weighted by Gasteiger charge is -2.29. The van der Waals surface area contributed by atoms with Gasteiger partial charge in [-0.3, -0.25) is 4.79 Å². The first-order valence-corrected chi connectivity index (χ1v) is 10.8. The zero-order valence-corrected chi connectivity index (χ0v) is 18.0. The highest BCUT2D eigenvalue weighted by atomic mass is 16.5. The van der Waals surface area contributed by atoms with E-state index in [4.69, 9.17) is 4.74 Å². The number of amides is 1. The molecule has 0 aromatic heterocycles. The van der Waals surface area contributed by atoms with Crippen LogP contribution in [0.3, 0.4) is 0 Å². The number of ether oxygens (including phenoxy) is 1. The molecule has 2 aromatic rings. The van der Waals surface area contributed by atoms with Crippen LogP contribution in [-0.4, -0.2) is 51.8 Å². The summed E-state index contributed by atoms with van der Waals surface area (Å²) in [5.74, 6) is 1.44. The molecule has 3 N–H and O–H groups in total. The maximum atomic E-state index is 12.7. The highest BCUT2D eigenvalue weighted by molar-refractivity contribution is 5.93. The Morgan fingerprint density at radius 2 is 1.69 bits per heavy atom. The van der Waals surface area contributed by atoms with Gasteiger partial charge in [0.2, 0.25) is 0 Å². The van der Waals surface area contributed by atoms with Crippen LogP contribution < -0.4 is 19.9 Å². The molecule has 29 heavy (non-hydrogen) atoms. The molecule has 0 radical (unpaired) electrons. The molecular formula is C24H35N3O2+2. The molecule has 0 unspecified atom stereocenters. The number of rotatable bonds is 8. The molecular weight excluding hydrogens is 362 g/mol. The summed E-state index contributed by atoms with van der Waals surface area (Å²) in [6.07, 6.45) is 0. The van der Waals surface area contributed by atoms with Gasteiger partial charge in [0.25, 0.3) is 5.91 Å². The Kier molecular flexibility index (Phi) is 7.67. The normalized spacial score (nSPS) is 19.2. The van der Waals surface area contributed by atoms with Gasteiger partial charge in [-0.15, -0.1) is 0 Å². The molecule has 0 aliphatic carbocycles. The monoisotopic (exact) mass is 397 g/mol. The molecule has 1 aliphatic rings. The van der Waals surface area contributed by atoms with Gasteiger partial charge in [0.1, 0.15) is 45.1 Å². The topological polar surface area (TPSA) is 47.2 Å². The molecule has 1 heterocycles. The Bertz CT molecular complexity index is 784. The summed E-state index contributed by atoms with van der Waals surface area (Å²) in [5.41, 5.74) is 3.34. The van der Waals surface area contributed by atoms with Gasteiger partial charge in [-0.2, -0.15) is 0 Å². The third-order valence-electron chi connectivity index (χ3n) is 5.73. The molecule has 1 fully saturated rings. The zero-order chi connectivity index (χ0) is 20.6. The predicted molar refractivity (Wildman–Crippen MR) is 117 cm³/mol. The van der Waals surface area contributed by atoms with Gasteiger partial charge in [-0.1, -0.05) is 50.2 Å². The highest BCUT2D eigenvalue weighted by Crippen LogP contribution is 2.27. The van der Waals surface area contributed by atoms with Crippen LogP contribution in [0, 0.1) is 6.92 Å². The largest absolute Gasteiger partial charge is 0.488 e. The van der Waals surface area contributed by atoms with Gasteiger partial charge in [0, 0.05) is 5.69 Å². The second-order valence-corrected chi connectivity index (χ2v) is 8.33. The first-order chi connectivity index (χ1) is 14.0. The number of hydrogen-bond donors (Lipinski definition) is 3. The number of quaternary nitrogens is 2. The number of nitrogens with one attached hydrogen (secondary N) is 3. The molecule has 156 valence electrons. The maximum Gasteiger partial charge on any atom is 0.279 e. The molecule has 0 bridgehead atoms. The molecule has 5 heteroatoms. The van der Waals surface area contributed by atoms with Crippen molar-refractivity contribution in [1.82, 2.24) is 0 Å². The first-order valence-electron chi connectivity index (χ1n) is 10.8. The Hall–Kier alpha value is -2.37. The molecule has 0 saturated carbocycles. The van der Waals surface area contributed by atoms with Crippen molar-refractivity contribution < 1.29 is 19.3 Å². The van der Waals surface area contributed by atoms with Crippen LogP contribution in [0.2, 0.25) is 0 Å². The van der Waals surface area contributed by atoms with E-state index >= 15 is 0 Å². The SMILES string of the molecule is Cc1cccc(C(C)C)c1NC(=O)C[NH+]1CC[NH+](CCOc2ccccc2)CC1. The van der Waals surface area contributed by atoms with E-state index in [1.165, 1.54) is 10.5 Å². The van der Waals surface area contributed by atoms with Gasteiger partial charge in [0.15, 0.2) is 6.54 Å². The summed E-state index contributed by atoms with van der Waals surface area (Å²) in [6.45, 7) is 12.9. The van der Waals surface area contributed by atoms with Crippen LogP contribution in [-0.2, 0) is 4.79 Å². The summed E-state index contributed by atoms with van der Waals surface area (Å²) in [4.78, 5) is 15.6. The highest BCUT2D eigenvalue weighted by Gasteiger charge is 2.25. The van der Waals surface area contributed by atoms with Gasteiger partial charge in [-0.05, 0) is 36.1 Å². The van der Waals surface area contributed by atoms with Crippen molar-refractivity contribution in [2.45, 2.75) is 26.7 Å². The van der Waals surface area contributed by atoms with Crippen molar-refractivity contribution in [3.63, 3.8) is 0 Å². The molecule has 2 aromatic carbocycles. The number of benzene rings is 2. The Balaban J connectivity index is 1.41. The number of aryl methyl sites for hydroxylation is 1. The molecule has 0 spiro atoms. The average Bonchev–Trinajstić information content (AvgIpc) is 2.71. The summed E-state index contributed by atoms with van der Waals surface area (Å²) >= 11 is 0. The quantitative estimate of drug-likeness (QED) is 0.620. The van der Waals surface area contributed by atoms with Crippen molar-refractivity contribution in [1.29, 1.82) is 0 Å². The van der Waals surface area contributed by atoms with Crippen LogP contribution in [0.5, 0.6) is 5.75 Å². The molecule has 5 nitrogen and oxygen atoms in total. The van der Waals surface area contributed by atoms with E-state index in [-0.39, 0.29) is 5.91 Å². The van der Waals surface area contributed by atoms with E-state index in [1.54, 1.807) is 4.90 Å². The lowest BCUT2D eigenvalue weighted by molar-refractivity contribution is -1.01. The second kappa shape index (κ2) is 10.4. The minimum absolute atomic E-state index is 0.118. The Morgan fingerprint density at radius 3 is 2.38 bits per heavy atom. The fourth-order valence-corrected chi connectivity index (χ4v) is 3.97. The number of carbonyl (C=O) groups excluding carboxylic acids is 1. The summed E-state index contributed by atoms with van der Waals surface area (Å²) in [7, 11) is 0.